The normalized spacial score (nSPS) is 15.2. The second-order valence-corrected chi connectivity index (χ2v) is 7.01. The average molecular weight is 419 g/mol. The molecule has 1 saturated heterocycles. The molecule has 1 aliphatic heterocycles. The number of hydrogen-bond acceptors (Lipinski definition) is 8. The Morgan fingerprint density at radius 2 is 1.97 bits per heavy atom. The van der Waals surface area contributed by atoms with Gasteiger partial charge in [-0.15, -0.1) is 5.10 Å². The molecule has 0 spiro atoms. The topological polar surface area (TPSA) is 142 Å². The van der Waals surface area contributed by atoms with Crippen LogP contribution in [0.4, 0.5) is 26.0 Å². The molecule has 0 unspecified atom stereocenters. The van der Waals surface area contributed by atoms with Crippen LogP contribution in [0.1, 0.15) is 23.2 Å². The molecular formula is C18H19F2N7O3. The van der Waals surface area contributed by atoms with E-state index in [0.717, 1.165) is 23.1 Å². The van der Waals surface area contributed by atoms with Crippen LogP contribution >= 0.6 is 0 Å². The highest BCUT2D eigenvalue weighted by molar-refractivity contribution is 6.12. The number of hydrogen-bond donors (Lipinski definition) is 4. The Morgan fingerprint density at radius 3 is 2.67 bits per heavy atom. The van der Waals surface area contributed by atoms with E-state index < -0.39 is 23.8 Å². The number of anilines is 3. The lowest BCUT2D eigenvalue weighted by Crippen LogP contribution is -2.38. The number of nitrogens with two attached hydrogens (primary N) is 1. The first kappa shape index (κ1) is 19.9. The Morgan fingerprint density at radius 1 is 1.23 bits per heavy atom. The Kier molecular flexibility index (Phi) is 5.18. The smallest absolute Gasteiger partial charge is 0.263 e. The highest BCUT2D eigenvalue weighted by Gasteiger charge is 2.28. The SMILES string of the molecule is Nc1nn2cc(F)cnc2c1C(=O)Nc1cncc(F)c1N1CCC(C(O)O)CC1. The van der Waals surface area contributed by atoms with Crippen molar-refractivity contribution in [2.45, 2.75) is 19.1 Å². The molecule has 0 aliphatic carbocycles. The molecule has 5 N–H and O–H groups in total. The minimum Gasteiger partial charge on any atom is -0.381 e. The fraction of sp³-hybridized carbons (Fsp3) is 0.333. The number of halogens is 2. The van der Waals surface area contributed by atoms with E-state index in [4.69, 9.17) is 5.73 Å². The van der Waals surface area contributed by atoms with E-state index in [1.54, 1.807) is 4.90 Å². The average Bonchev–Trinajstić information content (AvgIpc) is 3.03. The lowest BCUT2D eigenvalue weighted by molar-refractivity contribution is -0.0893. The molecule has 0 bridgehead atoms. The van der Waals surface area contributed by atoms with Gasteiger partial charge in [0.15, 0.2) is 29.4 Å². The van der Waals surface area contributed by atoms with E-state index >= 15 is 0 Å². The molecule has 3 aromatic rings. The Balaban J connectivity index is 1.63. The Hall–Kier alpha value is -3.38. The summed E-state index contributed by atoms with van der Waals surface area (Å²) in [4.78, 5) is 22.2. The maximum absolute atomic E-state index is 14.6. The number of rotatable bonds is 4. The van der Waals surface area contributed by atoms with Crippen molar-refractivity contribution in [2.24, 2.45) is 5.92 Å². The molecule has 4 rings (SSSR count). The highest BCUT2D eigenvalue weighted by atomic mass is 19.1. The van der Waals surface area contributed by atoms with Crippen molar-refractivity contribution in [3.05, 3.63) is 42.0 Å². The number of nitrogens with zero attached hydrogens (tertiary/aromatic N) is 5. The lowest BCUT2D eigenvalue weighted by atomic mass is 9.96. The number of nitrogen functional groups attached to an aromatic ring is 1. The van der Waals surface area contributed by atoms with Crippen molar-refractivity contribution in [1.82, 2.24) is 19.6 Å². The van der Waals surface area contributed by atoms with Crippen LogP contribution in [0.2, 0.25) is 0 Å². The van der Waals surface area contributed by atoms with Crippen molar-refractivity contribution in [3.63, 3.8) is 0 Å². The van der Waals surface area contributed by atoms with E-state index in [1.165, 1.54) is 6.20 Å². The van der Waals surface area contributed by atoms with Crippen LogP contribution in [0.15, 0.2) is 24.8 Å². The summed E-state index contributed by atoms with van der Waals surface area (Å²) >= 11 is 0. The highest BCUT2D eigenvalue weighted by Crippen LogP contribution is 2.33. The van der Waals surface area contributed by atoms with Crippen molar-refractivity contribution in [1.29, 1.82) is 0 Å². The molecule has 0 saturated carbocycles. The van der Waals surface area contributed by atoms with Crippen LogP contribution in [0.5, 0.6) is 0 Å². The standard InChI is InChI=1S/C18H19F2N7O3/c19-10-5-23-16-13(15(21)25-27(16)8-10)17(28)24-12-7-22-6-11(20)14(12)26-3-1-9(2-4-26)18(29)30/h5-9,18,29-30H,1-4H2,(H2,21,25)(H,24,28). The Bertz CT molecular complexity index is 1100. The third-order valence-electron chi connectivity index (χ3n) is 5.09. The molecule has 1 fully saturated rings. The van der Waals surface area contributed by atoms with Gasteiger partial charge < -0.3 is 26.2 Å². The van der Waals surface area contributed by atoms with Gasteiger partial charge in [-0.3, -0.25) is 9.78 Å². The summed E-state index contributed by atoms with van der Waals surface area (Å²) in [5.41, 5.74) is 6.04. The monoisotopic (exact) mass is 419 g/mol. The zero-order valence-corrected chi connectivity index (χ0v) is 15.7. The number of pyridine rings is 1. The number of amides is 1. The molecule has 0 radical (unpaired) electrons. The van der Waals surface area contributed by atoms with Gasteiger partial charge in [0.2, 0.25) is 0 Å². The molecule has 3 aromatic heterocycles. The summed E-state index contributed by atoms with van der Waals surface area (Å²) in [6.45, 7) is 0.734. The van der Waals surface area contributed by atoms with Gasteiger partial charge in [-0.1, -0.05) is 0 Å². The first-order valence-corrected chi connectivity index (χ1v) is 9.20. The summed E-state index contributed by atoms with van der Waals surface area (Å²) in [6, 6.07) is 0. The van der Waals surface area contributed by atoms with Gasteiger partial charge in [0.25, 0.3) is 5.91 Å². The van der Waals surface area contributed by atoms with Crippen molar-refractivity contribution < 1.29 is 23.8 Å². The molecule has 0 aromatic carbocycles. The molecule has 4 heterocycles. The zero-order chi connectivity index (χ0) is 21.4. The predicted octanol–water partition coefficient (Wildman–Crippen LogP) is 0.764. The van der Waals surface area contributed by atoms with Crippen LogP contribution < -0.4 is 16.0 Å². The number of carbonyl (C=O) groups excluding carboxylic acids is 1. The van der Waals surface area contributed by atoms with Gasteiger partial charge in [-0.2, -0.15) is 0 Å². The molecule has 0 atom stereocenters. The largest absolute Gasteiger partial charge is 0.381 e. The minimum absolute atomic E-state index is 0.0510. The fourth-order valence-corrected chi connectivity index (χ4v) is 3.59. The summed E-state index contributed by atoms with van der Waals surface area (Å²) in [6.07, 6.45) is 3.77. The van der Waals surface area contributed by atoms with Crippen LogP contribution in [0.3, 0.4) is 0 Å². The first-order valence-electron chi connectivity index (χ1n) is 9.20. The van der Waals surface area contributed by atoms with Gasteiger partial charge in [0, 0.05) is 19.0 Å². The van der Waals surface area contributed by atoms with Gasteiger partial charge in [-0.25, -0.2) is 18.3 Å². The molecule has 1 aliphatic rings. The van der Waals surface area contributed by atoms with Gasteiger partial charge in [0.1, 0.15) is 11.3 Å². The quantitative estimate of drug-likeness (QED) is 0.454. The van der Waals surface area contributed by atoms with Crippen LogP contribution in [0, 0.1) is 17.6 Å². The summed E-state index contributed by atoms with van der Waals surface area (Å²) < 4.78 is 29.0. The second kappa shape index (κ2) is 7.80. The first-order chi connectivity index (χ1) is 14.3. The number of aromatic nitrogens is 4. The van der Waals surface area contributed by atoms with Gasteiger partial charge >= 0.3 is 0 Å². The summed E-state index contributed by atoms with van der Waals surface area (Å²) in [7, 11) is 0. The van der Waals surface area contributed by atoms with Crippen LogP contribution in [0.25, 0.3) is 5.65 Å². The summed E-state index contributed by atoms with van der Waals surface area (Å²) in [5, 5.41) is 25.1. The van der Waals surface area contributed by atoms with E-state index in [9.17, 15) is 23.8 Å². The zero-order valence-electron chi connectivity index (χ0n) is 15.7. The van der Waals surface area contributed by atoms with Crippen molar-refractivity contribution in [2.75, 3.05) is 29.0 Å². The maximum Gasteiger partial charge on any atom is 0.263 e. The lowest BCUT2D eigenvalue weighted by Gasteiger charge is -2.35. The Labute approximate surface area is 169 Å². The van der Waals surface area contributed by atoms with Crippen molar-refractivity contribution in [3.8, 4) is 0 Å². The fourth-order valence-electron chi connectivity index (χ4n) is 3.59. The number of carbonyl (C=O) groups is 1. The predicted molar refractivity (Wildman–Crippen MR) is 103 cm³/mol. The van der Waals surface area contributed by atoms with E-state index in [-0.39, 0.29) is 34.3 Å². The molecular weight excluding hydrogens is 400 g/mol. The molecule has 10 nitrogen and oxygen atoms in total. The summed E-state index contributed by atoms with van der Waals surface area (Å²) in [5.74, 6) is -2.44. The van der Waals surface area contributed by atoms with Crippen LogP contribution in [-0.4, -0.2) is 55.1 Å². The minimum atomic E-state index is -1.43. The third-order valence-corrected chi connectivity index (χ3v) is 5.09. The number of piperidine rings is 1. The molecule has 12 heteroatoms. The molecule has 1 amide bonds. The van der Waals surface area contributed by atoms with Crippen molar-refractivity contribution >= 4 is 28.7 Å². The number of aliphatic hydroxyl groups is 2. The van der Waals surface area contributed by atoms with Gasteiger partial charge in [-0.05, 0) is 12.8 Å². The molecule has 30 heavy (non-hydrogen) atoms. The number of fused-ring (bicyclic) bond motifs is 1. The second-order valence-electron chi connectivity index (χ2n) is 7.01. The van der Waals surface area contributed by atoms with Gasteiger partial charge in [0.05, 0.1) is 30.5 Å². The third kappa shape index (κ3) is 3.62. The number of aliphatic hydroxyl groups excluding tert-OH is 1. The van der Waals surface area contributed by atoms with E-state index in [1.807, 2.05) is 0 Å². The molecule has 158 valence electrons. The maximum atomic E-state index is 14.6. The van der Waals surface area contributed by atoms with E-state index in [0.29, 0.717) is 25.9 Å². The van der Waals surface area contributed by atoms with E-state index in [2.05, 4.69) is 20.4 Å². The number of nitrogens with one attached hydrogen (secondary N) is 1. The van der Waals surface area contributed by atoms with Crippen LogP contribution in [-0.2, 0) is 0 Å².